The Labute approximate surface area is 197 Å². The second-order valence-electron chi connectivity index (χ2n) is 7.85. The fraction of sp³-hybridized carbons (Fsp3) is 0.0741. The molecule has 0 atom stereocenters. The van der Waals surface area contributed by atoms with Crippen molar-refractivity contribution < 1.29 is 22.4 Å². The van der Waals surface area contributed by atoms with Gasteiger partial charge in [0.25, 0.3) is 10.0 Å². The summed E-state index contributed by atoms with van der Waals surface area (Å²) < 4.78 is 38.0. The topological polar surface area (TPSA) is 76.8 Å². The molecular formula is C27H21NO5S. The maximum absolute atomic E-state index is 12.8. The third-order valence-corrected chi connectivity index (χ3v) is 7.51. The summed E-state index contributed by atoms with van der Waals surface area (Å²) in [5.74, 6) is -0.106. The number of sulfonamides is 1. The first-order chi connectivity index (χ1) is 16.4. The van der Waals surface area contributed by atoms with E-state index in [2.05, 4.69) is 0 Å². The first kappa shape index (κ1) is 21.7. The van der Waals surface area contributed by atoms with E-state index >= 15 is 0 Å². The van der Waals surface area contributed by atoms with Crippen molar-refractivity contribution in [1.29, 1.82) is 0 Å². The van der Waals surface area contributed by atoms with Crippen molar-refractivity contribution in [2.45, 2.75) is 11.3 Å². The molecule has 1 aromatic heterocycles. The molecule has 5 rings (SSSR count). The van der Waals surface area contributed by atoms with E-state index in [0.29, 0.717) is 17.0 Å². The van der Waals surface area contributed by atoms with Crippen molar-refractivity contribution in [3.05, 3.63) is 103 Å². The number of fused-ring (bicyclic) bond motifs is 3. The van der Waals surface area contributed by atoms with Crippen molar-refractivity contribution in [2.75, 3.05) is 11.4 Å². The SMILES string of the molecule is CN(c1ccc(OC(=O)Cc2coc3ccc4ccccc4c23)cc1)S(=O)(=O)c1ccccc1. The monoisotopic (exact) mass is 471 g/mol. The van der Waals surface area contributed by atoms with Crippen LogP contribution < -0.4 is 9.04 Å². The molecule has 0 aliphatic rings. The highest BCUT2D eigenvalue weighted by molar-refractivity contribution is 7.92. The van der Waals surface area contributed by atoms with Crippen molar-refractivity contribution in [3.63, 3.8) is 0 Å². The molecule has 0 saturated heterocycles. The van der Waals surface area contributed by atoms with Crippen molar-refractivity contribution >= 4 is 43.4 Å². The number of benzene rings is 4. The van der Waals surface area contributed by atoms with E-state index in [1.165, 1.54) is 11.4 Å². The molecule has 0 unspecified atom stereocenters. The summed E-state index contributed by atoms with van der Waals surface area (Å²) in [6.45, 7) is 0. The van der Waals surface area contributed by atoms with Crippen molar-refractivity contribution in [3.8, 4) is 5.75 Å². The molecule has 0 saturated carbocycles. The highest BCUT2D eigenvalue weighted by Gasteiger charge is 2.21. The quantitative estimate of drug-likeness (QED) is 0.239. The normalized spacial score (nSPS) is 11.6. The Kier molecular flexibility index (Phi) is 5.55. The third-order valence-electron chi connectivity index (χ3n) is 5.71. The Morgan fingerprint density at radius 1 is 0.882 bits per heavy atom. The summed E-state index contributed by atoms with van der Waals surface area (Å²) in [4.78, 5) is 12.9. The Bertz CT molecular complexity index is 1590. The van der Waals surface area contributed by atoms with Crippen molar-refractivity contribution in [1.82, 2.24) is 0 Å². The molecule has 0 radical (unpaired) electrons. The lowest BCUT2D eigenvalue weighted by Gasteiger charge is -2.19. The number of carbonyl (C=O) groups excluding carboxylic acids is 1. The van der Waals surface area contributed by atoms with Crippen LogP contribution in [0.2, 0.25) is 0 Å². The van der Waals surface area contributed by atoms with Crippen LogP contribution in [0.15, 0.2) is 107 Å². The van der Waals surface area contributed by atoms with Crippen LogP contribution in [0.25, 0.3) is 21.7 Å². The number of esters is 1. The first-order valence-electron chi connectivity index (χ1n) is 10.7. The fourth-order valence-electron chi connectivity index (χ4n) is 3.94. The molecule has 6 nitrogen and oxygen atoms in total. The summed E-state index contributed by atoms with van der Waals surface area (Å²) in [6, 6.07) is 26.4. The molecule has 7 heteroatoms. The smallest absolute Gasteiger partial charge is 0.315 e. The zero-order chi connectivity index (χ0) is 23.7. The molecule has 4 aromatic carbocycles. The number of anilines is 1. The Morgan fingerprint density at radius 2 is 1.59 bits per heavy atom. The zero-order valence-electron chi connectivity index (χ0n) is 18.3. The molecule has 0 amide bonds. The Hall–Kier alpha value is -4.10. The third kappa shape index (κ3) is 4.02. The van der Waals surface area contributed by atoms with Crippen molar-refractivity contribution in [2.24, 2.45) is 0 Å². The van der Waals surface area contributed by atoms with Gasteiger partial charge in [0.2, 0.25) is 0 Å². The summed E-state index contributed by atoms with van der Waals surface area (Å²) in [5, 5.41) is 2.98. The van der Waals surface area contributed by atoms with Crippen LogP contribution in [0, 0.1) is 0 Å². The number of carbonyl (C=O) groups is 1. The Balaban J connectivity index is 1.32. The van der Waals surface area contributed by atoms with Crippen LogP contribution in [0.4, 0.5) is 5.69 Å². The average Bonchev–Trinajstić information content (AvgIpc) is 3.27. The zero-order valence-corrected chi connectivity index (χ0v) is 19.2. The van der Waals surface area contributed by atoms with Gasteiger partial charge in [-0.15, -0.1) is 0 Å². The largest absolute Gasteiger partial charge is 0.464 e. The van der Waals surface area contributed by atoms with Gasteiger partial charge in [-0.1, -0.05) is 48.5 Å². The second-order valence-corrected chi connectivity index (χ2v) is 9.82. The molecule has 0 bridgehead atoms. The van der Waals surface area contributed by atoms with E-state index in [0.717, 1.165) is 21.7 Å². The maximum Gasteiger partial charge on any atom is 0.315 e. The van der Waals surface area contributed by atoms with E-state index in [9.17, 15) is 13.2 Å². The predicted octanol–water partition coefficient (Wildman–Crippen LogP) is 5.56. The molecule has 1 heterocycles. The highest BCUT2D eigenvalue weighted by Crippen LogP contribution is 2.30. The summed E-state index contributed by atoms with van der Waals surface area (Å²) in [7, 11) is -2.20. The molecular weight excluding hydrogens is 450 g/mol. The van der Waals surface area contributed by atoms with Gasteiger partial charge in [0.15, 0.2) is 0 Å². The average molecular weight is 472 g/mol. The summed E-state index contributed by atoms with van der Waals surface area (Å²) in [5.41, 5.74) is 1.92. The minimum Gasteiger partial charge on any atom is -0.464 e. The van der Waals surface area contributed by atoms with Crippen LogP contribution >= 0.6 is 0 Å². The van der Waals surface area contributed by atoms with E-state index in [4.69, 9.17) is 9.15 Å². The molecule has 0 fully saturated rings. The highest BCUT2D eigenvalue weighted by atomic mass is 32.2. The fourth-order valence-corrected chi connectivity index (χ4v) is 5.16. The van der Waals surface area contributed by atoms with Gasteiger partial charge in [-0.3, -0.25) is 9.10 Å². The minimum absolute atomic E-state index is 0.0467. The van der Waals surface area contributed by atoms with E-state index in [-0.39, 0.29) is 11.3 Å². The first-order valence-corrected chi connectivity index (χ1v) is 12.1. The number of nitrogens with zero attached hydrogens (tertiary/aromatic N) is 1. The molecule has 170 valence electrons. The number of hydrogen-bond acceptors (Lipinski definition) is 5. The van der Waals surface area contributed by atoms with Gasteiger partial charge in [0.05, 0.1) is 23.3 Å². The lowest BCUT2D eigenvalue weighted by Crippen LogP contribution is -2.26. The van der Waals surface area contributed by atoms with Gasteiger partial charge in [-0.05, 0) is 53.2 Å². The van der Waals surface area contributed by atoms with Gasteiger partial charge in [0, 0.05) is 18.0 Å². The lowest BCUT2D eigenvalue weighted by atomic mass is 10.0. The Morgan fingerprint density at radius 3 is 2.35 bits per heavy atom. The van der Waals surface area contributed by atoms with E-state index in [1.54, 1.807) is 60.9 Å². The van der Waals surface area contributed by atoms with Gasteiger partial charge in [-0.2, -0.15) is 0 Å². The van der Waals surface area contributed by atoms with Crippen LogP contribution in [-0.2, 0) is 21.2 Å². The maximum atomic E-state index is 12.8. The minimum atomic E-state index is -3.69. The van der Waals surface area contributed by atoms with Crippen LogP contribution in [0.5, 0.6) is 5.75 Å². The molecule has 34 heavy (non-hydrogen) atoms. The number of hydrogen-bond donors (Lipinski definition) is 0. The van der Waals surface area contributed by atoms with Gasteiger partial charge in [-0.25, -0.2) is 8.42 Å². The number of rotatable bonds is 6. The summed E-state index contributed by atoms with van der Waals surface area (Å²) >= 11 is 0. The van der Waals surface area contributed by atoms with Crippen LogP contribution in [0.3, 0.4) is 0 Å². The van der Waals surface area contributed by atoms with Crippen LogP contribution in [0.1, 0.15) is 5.56 Å². The molecule has 5 aromatic rings. The standard InChI is InChI=1S/C27H21NO5S/c1-28(34(30,31)23-8-3-2-4-9-23)21-12-14-22(15-13-21)33-26(29)17-20-18-32-25-16-11-19-7-5-6-10-24(19)27(20)25/h2-16,18H,17H2,1H3. The number of ether oxygens (including phenoxy) is 1. The summed E-state index contributed by atoms with van der Waals surface area (Å²) in [6.07, 6.45) is 1.63. The molecule has 0 spiro atoms. The van der Waals surface area contributed by atoms with Gasteiger partial charge >= 0.3 is 5.97 Å². The van der Waals surface area contributed by atoms with Gasteiger partial charge in [0.1, 0.15) is 11.3 Å². The van der Waals surface area contributed by atoms with E-state index in [1.807, 2.05) is 36.4 Å². The molecule has 0 N–H and O–H groups in total. The second kappa shape index (κ2) is 8.68. The molecule has 0 aliphatic carbocycles. The number of furan rings is 1. The van der Waals surface area contributed by atoms with Gasteiger partial charge < -0.3 is 9.15 Å². The van der Waals surface area contributed by atoms with E-state index < -0.39 is 16.0 Å². The van der Waals surface area contributed by atoms with Crippen LogP contribution in [-0.4, -0.2) is 21.4 Å². The lowest BCUT2D eigenvalue weighted by molar-refractivity contribution is -0.133. The molecule has 0 aliphatic heterocycles. The predicted molar refractivity (Wildman–Crippen MR) is 132 cm³/mol.